The summed E-state index contributed by atoms with van der Waals surface area (Å²) >= 11 is 0. The van der Waals surface area contributed by atoms with Crippen LogP contribution in [0.5, 0.6) is 5.75 Å². The second-order valence-electron chi connectivity index (χ2n) is 2.33. The Kier molecular flexibility index (Phi) is 1.55. The lowest BCUT2D eigenvalue weighted by molar-refractivity contribution is 0.475. The lowest BCUT2D eigenvalue weighted by Crippen LogP contribution is -2.02. The molecule has 0 aliphatic rings. The molecule has 2 aromatic heterocycles. The fourth-order valence-corrected chi connectivity index (χ4v) is 0.916. The lowest BCUT2D eigenvalue weighted by atomic mass is 10.2. The number of H-pyrrole nitrogens is 2. The van der Waals surface area contributed by atoms with Gasteiger partial charge in [0.05, 0.1) is 5.56 Å². The first kappa shape index (κ1) is 7.47. The minimum Gasteiger partial charge on any atom is -0.507 e. The maximum Gasteiger partial charge on any atom is 0.251 e. The van der Waals surface area contributed by atoms with Gasteiger partial charge in [-0.1, -0.05) is 0 Å². The van der Waals surface area contributed by atoms with Crippen LogP contribution in [0.4, 0.5) is 0 Å². The predicted molar refractivity (Wildman–Crippen MR) is 41.9 cm³/mol. The molecule has 3 N–H and O–H groups in total. The minimum atomic E-state index is -0.384. The standard InChI is InChI=1S/C6H5N5O2/c12-4-1-5(13)7-2-3(4)6-8-10-11-9-6/h1-2H,(H2,7,12,13)(H,8,9,10,11). The van der Waals surface area contributed by atoms with Crippen molar-refractivity contribution in [2.75, 3.05) is 0 Å². The zero-order valence-electron chi connectivity index (χ0n) is 6.35. The van der Waals surface area contributed by atoms with E-state index in [2.05, 4.69) is 25.6 Å². The monoisotopic (exact) mass is 179 g/mol. The van der Waals surface area contributed by atoms with E-state index in [0.29, 0.717) is 5.56 Å². The van der Waals surface area contributed by atoms with Crippen LogP contribution in [0.25, 0.3) is 11.4 Å². The molecule has 0 aliphatic heterocycles. The summed E-state index contributed by atoms with van der Waals surface area (Å²) in [6.07, 6.45) is 1.32. The van der Waals surface area contributed by atoms with Crippen LogP contribution in [0.3, 0.4) is 0 Å². The summed E-state index contributed by atoms with van der Waals surface area (Å²) in [6.45, 7) is 0. The van der Waals surface area contributed by atoms with Gasteiger partial charge in [0, 0.05) is 12.3 Å². The zero-order chi connectivity index (χ0) is 9.26. The van der Waals surface area contributed by atoms with E-state index < -0.39 is 0 Å². The Morgan fingerprint density at radius 3 is 2.92 bits per heavy atom. The Morgan fingerprint density at radius 1 is 1.46 bits per heavy atom. The third-order valence-electron chi connectivity index (χ3n) is 1.49. The molecule has 2 rings (SSSR count). The Morgan fingerprint density at radius 2 is 2.31 bits per heavy atom. The number of rotatable bonds is 1. The van der Waals surface area contributed by atoms with Crippen LogP contribution in [-0.2, 0) is 0 Å². The highest BCUT2D eigenvalue weighted by Gasteiger charge is 2.08. The topological polar surface area (TPSA) is 108 Å². The highest BCUT2D eigenvalue weighted by molar-refractivity contribution is 5.60. The molecule has 0 unspecified atom stereocenters. The molecule has 0 amide bonds. The van der Waals surface area contributed by atoms with E-state index in [1.54, 1.807) is 0 Å². The first-order valence-electron chi connectivity index (χ1n) is 3.43. The van der Waals surface area contributed by atoms with E-state index in [-0.39, 0.29) is 17.1 Å². The molecule has 0 bridgehead atoms. The van der Waals surface area contributed by atoms with E-state index in [4.69, 9.17) is 0 Å². The molecular weight excluding hydrogens is 174 g/mol. The van der Waals surface area contributed by atoms with Gasteiger partial charge in [0.1, 0.15) is 5.75 Å². The second kappa shape index (κ2) is 2.70. The maximum atomic E-state index is 10.7. The number of aromatic hydroxyl groups is 1. The van der Waals surface area contributed by atoms with Crippen molar-refractivity contribution >= 4 is 0 Å². The first-order valence-corrected chi connectivity index (χ1v) is 3.43. The maximum absolute atomic E-state index is 10.7. The molecule has 7 heteroatoms. The number of hydrogen-bond donors (Lipinski definition) is 3. The van der Waals surface area contributed by atoms with Crippen LogP contribution in [0.1, 0.15) is 0 Å². The Balaban J connectivity index is 2.60. The van der Waals surface area contributed by atoms with Gasteiger partial charge in [-0.05, 0) is 5.21 Å². The summed E-state index contributed by atoms with van der Waals surface area (Å²) in [5.41, 5.74) is -0.0573. The number of aromatic amines is 2. The molecule has 0 radical (unpaired) electrons. The van der Waals surface area contributed by atoms with Gasteiger partial charge < -0.3 is 10.1 Å². The highest BCUT2D eigenvalue weighted by atomic mass is 16.3. The molecule has 0 atom stereocenters. The SMILES string of the molecule is O=c1cc(O)c(-c2nn[nH]n2)c[nH]1. The third kappa shape index (κ3) is 1.26. The van der Waals surface area contributed by atoms with Crippen LogP contribution in [0, 0.1) is 0 Å². The average Bonchev–Trinajstić information content (AvgIpc) is 2.56. The fraction of sp³-hybridized carbons (Fsp3) is 0. The minimum absolute atomic E-state index is 0.176. The molecule has 2 aromatic rings. The van der Waals surface area contributed by atoms with Crippen molar-refractivity contribution in [3.05, 3.63) is 22.6 Å². The molecule has 0 fully saturated rings. The van der Waals surface area contributed by atoms with E-state index in [9.17, 15) is 9.90 Å². The number of pyridine rings is 1. The summed E-state index contributed by atoms with van der Waals surface area (Å²) in [6, 6.07) is 1.05. The normalized spacial score (nSPS) is 10.2. The van der Waals surface area contributed by atoms with E-state index in [0.717, 1.165) is 6.07 Å². The molecule has 0 aromatic carbocycles. The largest absolute Gasteiger partial charge is 0.507 e. The van der Waals surface area contributed by atoms with Crippen LogP contribution >= 0.6 is 0 Å². The molecular formula is C6H5N5O2. The van der Waals surface area contributed by atoms with Gasteiger partial charge in [-0.25, -0.2) is 0 Å². The van der Waals surface area contributed by atoms with Gasteiger partial charge in [-0.2, -0.15) is 5.21 Å². The molecule has 2 heterocycles. The Hall–Kier alpha value is -2.18. The summed E-state index contributed by atoms with van der Waals surface area (Å²) in [4.78, 5) is 13.1. The Labute approximate surface area is 71.4 Å². The van der Waals surface area contributed by atoms with Gasteiger partial charge in [0.15, 0.2) is 0 Å². The number of nitrogens with zero attached hydrogens (tertiary/aromatic N) is 3. The summed E-state index contributed by atoms with van der Waals surface area (Å²) in [5.74, 6) is 0.0545. The average molecular weight is 179 g/mol. The first-order chi connectivity index (χ1) is 6.27. The fourth-order valence-electron chi connectivity index (χ4n) is 0.916. The number of hydrogen-bond acceptors (Lipinski definition) is 5. The van der Waals surface area contributed by atoms with Crippen molar-refractivity contribution < 1.29 is 5.11 Å². The van der Waals surface area contributed by atoms with Gasteiger partial charge >= 0.3 is 0 Å². The van der Waals surface area contributed by atoms with Crippen molar-refractivity contribution in [2.45, 2.75) is 0 Å². The summed E-state index contributed by atoms with van der Waals surface area (Å²) < 4.78 is 0. The van der Waals surface area contributed by atoms with Gasteiger partial charge in [-0.3, -0.25) is 4.79 Å². The molecule has 0 spiro atoms. The van der Waals surface area contributed by atoms with Crippen molar-refractivity contribution in [3.8, 4) is 17.1 Å². The number of nitrogens with one attached hydrogen (secondary N) is 2. The quantitative estimate of drug-likeness (QED) is 0.534. The molecule has 0 saturated carbocycles. The van der Waals surface area contributed by atoms with Gasteiger partial charge in [0.25, 0.3) is 5.56 Å². The zero-order valence-corrected chi connectivity index (χ0v) is 6.35. The summed E-state index contributed by atoms with van der Waals surface area (Å²) in [7, 11) is 0. The van der Waals surface area contributed by atoms with Gasteiger partial charge in [0.2, 0.25) is 5.82 Å². The summed E-state index contributed by atoms with van der Waals surface area (Å²) in [5, 5.41) is 22.2. The van der Waals surface area contributed by atoms with Crippen LogP contribution < -0.4 is 5.56 Å². The van der Waals surface area contributed by atoms with Crippen molar-refractivity contribution in [3.63, 3.8) is 0 Å². The van der Waals surface area contributed by atoms with Crippen LogP contribution in [0.2, 0.25) is 0 Å². The van der Waals surface area contributed by atoms with E-state index in [1.807, 2.05) is 0 Å². The Bertz CT molecular complexity index is 460. The number of aromatic nitrogens is 5. The van der Waals surface area contributed by atoms with E-state index in [1.165, 1.54) is 6.20 Å². The van der Waals surface area contributed by atoms with Crippen LogP contribution in [0.15, 0.2) is 17.1 Å². The smallest absolute Gasteiger partial charge is 0.251 e. The molecule has 7 nitrogen and oxygen atoms in total. The highest BCUT2D eigenvalue weighted by Crippen LogP contribution is 2.21. The predicted octanol–water partition coefficient (Wildman–Crippen LogP) is -0.739. The lowest BCUT2D eigenvalue weighted by Gasteiger charge is -1.95. The van der Waals surface area contributed by atoms with E-state index >= 15 is 0 Å². The second-order valence-corrected chi connectivity index (χ2v) is 2.33. The molecule has 13 heavy (non-hydrogen) atoms. The van der Waals surface area contributed by atoms with Crippen molar-refractivity contribution in [1.82, 2.24) is 25.6 Å². The van der Waals surface area contributed by atoms with Crippen molar-refractivity contribution in [1.29, 1.82) is 0 Å². The molecule has 0 saturated heterocycles. The van der Waals surface area contributed by atoms with Crippen LogP contribution in [-0.4, -0.2) is 30.7 Å². The molecule has 0 aliphatic carbocycles. The number of tetrazole rings is 1. The third-order valence-corrected chi connectivity index (χ3v) is 1.49. The molecule has 66 valence electrons. The van der Waals surface area contributed by atoms with Crippen molar-refractivity contribution in [2.24, 2.45) is 0 Å². The van der Waals surface area contributed by atoms with Gasteiger partial charge in [-0.15, -0.1) is 10.2 Å².